The van der Waals surface area contributed by atoms with Crippen molar-refractivity contribution >= 4 is 5.91 Å². The van der Waals surface area contributed by atoms with Crippen molar-refractivity contribution in [1.82, 2.24) is 24.4 Å². The molecule has 0 aliphatic heterocycles. The maximum absolute atomic E-state index is 12.9. The molecule has 0 aromatic carbocycles. The molecule has 8 nitrogen and oxygen atoms in total. The Kier molecular flexibility index (Phi) is 5.16. The smallest absolute Gasteiger partial charge is 0.326 e. The Morgan fingerprint density at radius 3 is 2.68 bits per heavy atom. The highest BCUT2D eigenvalue weighted by Crippen LogP contribution is 2.25. The van der Waals surface area contributed by atoms with Gasteiger partial charge in [-0.05, 0) is 18.8 Å². The zero-order valence-electron chi connectivity index (χ0n) is 14.3. The fraction of sp³-hybridized carbons (Fsp3) is 0.529. The van der Waals surface area contributed by atoms with Crippen molar-refractivity contribution in [2.75, 3.05) is 6.54 Å². The van der Waals surface area contributed by atoms with Crippen LogP contribution in [-0.4, -0.2) is 36.9 Å². The lowest BCUT2D eigenvalue weighted by Gasteiger charge is -2.29. The summed E-state index contributed by atoms with van der Waals surface area (Å²) in [6.45, 7) is 0.939. The summed E-state index contributed by atoms with van der Waals surface area (Å²) in [4.78, 5) is 46.5. The van der Waals surface area contributed by atoms with Crippen LogP contribution in [0, 0.1) is 5.92 Å². The molecule has 1 fully saturated rings. The third kappa shape index (κ3) is 4.26. The largest absolute Gasteiger partial charge is 0.337 e. The van der Waals surface area contributed by atoms with Crippen LogP contribution in [0.3, 0.4) is 0 Å². The van der Waals surface area contributed by atoms with Crippen molar-refractivity contribution in [3.05, 3.63) is 50.8 Å². The predicted molar refractivity (Wildman–Crippen MR) is 92.2 cm³/mol. The van der Waals surface area contributed by atoms with Crippen LogP contribution in [-0.2, 0) is 13.6 Å². The summed E-state index contributed by atoms with van der Waals surface area (Å²) in [6.07, 6.45) is 9.30. The molecule has 134 valence electrons. The maximum atomic E-state index is 12.9. The Balaban J connectivity index is 1.85. The first-order valence-electron chi connectivity index (χ1n) is 8.62. The van der Waals surface area contributed by atoms with E-state index in [4.69, 9.17) is 0 Å². The summed E-state index contributed by atoms with van der Waals surface area (Å²) in [6, 6.07) is 1.13. The molecule has 1 amide bonds. The van der Waals surface area contributed by atoms with Crippen LogP contribution in [0.5, 0.6) is 0 Å². The number of carbonyl (C=O) groups excluding carboxylic acids is 1. The molecule has 0 radical (unpaired) electrons. The van der Waals surface area contributed by atoms with E-state index in [9.17, 15) is 14.4 Å². The molecule has 1 aliphatic rings. The fourth-order valence-electron chi connectivity index (χ4n) is 3.37. The minimum absolute atomic E-state index is 0.0127. The molecule has 0 spiro atoms. The summed E-state index contributed by atoms with van der Waals surface area (Å²) in [7, 11) is 1.88. The molecule has 1 saturated carbocycles. The second-order valence-corrected chi connectivity index (χ2v) is 6.65. The molecule has 8 heteroatoms. The van der Waals surface area contributed by atoms with Gasteiger partial charge in [-0.25, -0.2) is 9.78 Å². The number of nitrogens with zero attached hydrogens (tertiary/aromatic N) is 3. The highest BCUT2D eigenvalue weighted by atomic mass is 16.2. The van der Waals surface area contributed by atoms with E-state index in [2.05, 4.69) is 15.0 Å². The van der Waals surface area contributed by atoms with Gasteiger partial charge in [0.2, 0.25) is 0 Å². The van der Waals surface area contributed by atoms with Crippen LogP contribution < -0.4 is 11.2 Å². The van der Waals surface area contributed by atoms with E-state index in [1.54, 1.807) is 11.1 Å². The van der Waals surface area contributed by atoms with Gasteiger partial charge in [0.25, 0.3) is 11.5 Å². The van der Waals surface area contributed by atoms with Gasteiger partial charge < -0.3 is 14.5 Å². The Hall–Kier alpha value is -2.64. The van der Waals surface area contributed by atoms with Gasteiger partial charge in [-0.1, -0.05) is 19.3 Å². The number of amides is 1. The van der Waals surface area contributed by atoms with Crippen LogP contribution in [0.15, 0.2) is 28.0 Å². The van der Waals surface area contributed by atoms with Gasteiger partial charge in [0.05, 0.1) is 6.54 Å². The van der Waals surface area contributed by atoms with Crippen LogP contribution >= 0.6 is 0 Å². The average Bonchev–Trinajstić information content (AvgIpc) is 2.98. The molecule has 3 rings (SSSR count). The van der Waals surface area contributed by atoms with Crippen LogP contribution in [0.2, 0.25) is 0 Å². The summed E-state index contributed by atoms with van der Waals surface area (Å²) in [5, 5.41) is 0. The topological polar surface area (TPSA) is 104 Å². The zero-order valence-corrected chi connectivity index (χ0v) is 14.3. The Labute approximate surface area is 144 Å². The Morgan fingerprint density at radius 2 is 2.04 bits per heavy atom. The van der Waals surface area contributed by atoms with E-state index in [1.165, 1.54) is 19.3 Å². The normalized spacial score (nSPS) is 15.2. The number of nitrogens with one attached hydrogen (secondary N) is 2. The van der Waals surface area contributed by atoms with E-state index in [-0.39, 0.29) is 11.6 Å². The molecule has 2 heterocycles. The average molecular weight is 345 g/mol. The lowest BCUT2D eigenvalue weighted by molar-refractivity contribution is 0.0685. The zero-order chi connectivity index (χ0) is 17.8. The summed E-state index contributed by atoms with van der Waals surface area (Å²) in [5.74, 6) is 0.847. The molecular formula is C17H23N5O3. The van der Waals surface area contributed by atoms with E-state index in [1.807, 2.05) is 17.8 Å². The second kappa shape index (κ2) is 7.50. The van der Waals surface area contributed by atoms with Gasteiger partial charge in [0.15, 0.2) is 0 Å². The van der Waals surface area contributed by atoms with Gasteiger partial charge in [-0.15, -0.1) is 0 Å². The summed E-state index contributed by atoms with van der Waals surface area (Å²) >= 11 is 0. The number of imidazole rings is 1. The molecule has 0 saturated heterocycles. The molecule has 2 aromatic heterocycles. The van der Waals surface area contributed by atoms with Crippen molar-refractivity contribution in [3.8, 4) is 0 Å². The maximum Gasteiger partial charge on any atom is 0.326 e. The number of carbonyl (C=O) groups is 1. The van der Waals surface area contributed by atoms with Gasteiger partial charge in [0.1, 0.15) is 11.5 Å². The van der Waals surface area contributed by atoms with E-state index < -0.39 is 11.2 Å². The van der Waals surface area contributed by atoms with Gasteiger partial charge in [-0.2, -0.15) is 0 Å². The number of aromatic nitrogens is 4. The van der Waals surface area contributed by atoms with Crippen molar-refractivity contribution in [2.45, 2.75) is 38.6 Å². The summed E-state index contributed by atoms with van der Waals surface area (Å²) < 4.78 is 1.86. The van der Waals surface area contributed by atoms with Crippen molar-refractivity contribution in [2.24, 2.45) is 13.0 Å². The first-order chi connectivity index (χ1) is 12.0. The number of hydrogen-bond acceptors (Lipinski definition) is 4. The van der Waals surface area contributed by atoms with Gasteiger partial charge in [-0.3, -0.25) is 14.6 Å². The van der Waals surface area contributed by atoms with Crippen molar-refractivity contribution in [1.29, 1.82) is 0 Å². The Morgan fingerprint density at radius 1 is 1.28 bits per heavy atom. The number of H-pyrrole nitrogens is 2. The lowest BCUT2D eigenvalue weighted by atomic mass is 9.89. The highest BCUT2D eigenvalue weighted by Gasteiger charge is 2.24. The SMILES string of the molecule is Cn1ccnc1CN(CC1CCCCC1)C(=O)c1cc(=O)[nH]c(=O)[nH]1. The predicted octanol–water partition coefficient (Wildman–Crippen LogP) is 1.02. The third-order valence-electron chi connectivity index (χ3n) is 4.73. The van der Waals surface area contributed by atoms with Crippen LogP contribution in [0.4, 0.5) is 0 Å². The number of aryl methyl sites for hydroxylation is 1. The molecule has 1 aliphatic carbocycles. The molecule has 2 N–H and O–H groups in total. The second-order valence-electron chi connectivity index (χ2n) is 6.65. The minimum Gasteiger partial charge on any atom is -0.337 e. The molecule has 0 bridgehead atoms. The van der Waals surface area contributed by atoms with Gasteiger partial charge in [0, 0.05) is 32.1 Å². The van der Waals surface area contributed by atoms with E-state index in [0.29, 0.717) is 19.0 Å². The van der Waals surface area contributed by atoms with Gasteiger partial charge >= 0.3 is 5.69 Å². The fourth-order valence-corrected chi connectivity index (χ4v) is 3.37. The standard InChI is InChI=1S/C17H23N5O3/c1-21-8-7-18-14(21)11-22(10-12-5-3-2-4-6-12)16(24)13-9-15(23)20-17(25)19-13/h7-9,12H,2-6,10-11H2,1H3,(H2,19,20,23,25). The molecular weight excluding hydrogens is 322 g/mol. The minimum atomic E-state index is -0.676. The summed E-state index contributed by atoms with van der Waals surface area (Å²) in [5.41, 5.74) is -1.24. The van der Waals surface area contributed by atoms with E-state index >= 15 is 0 Å². The molecule has 25 heavy (non-hydrogen) atoms. The quantitative estimate of drug-likeness (QED) is 0.844. The number of rotatable bonds is 5. The van der Waals surface area contributed by atoms with Crippen LogP contribution in [0.25, 0.3) is 0 Å². The first kappa shape index (κ1) is 17.2. The lowest BCUT2D eigenvalue weighted by Crippen LogP contribution is -2.38. The van der Waals surface area contributed by atoms with Crippen molar-refractivity contribution in [3.63, 3.8) is 0 Å². The first-order valence-corrected chi connectivity index (χ1v) is 8.62. The van der Waals surface area contributed by atoms with E-state index in [0.717, 1.165) is 24.7 Å². The monoisotopic (exact) mass is 345 g/mol. The number of hydrogen-bond donors (Lipinski definition) is 2. The Bertz CT molecular complexity index is 816. The third-order valence-corrected chi connectivity index (χ3v) is 4.73. The highest BCUT2D eigenvalue weighted by molar-refractivity contribution is 5.92. The van der Waals surface area contributed by atoms with Crippen molar-refractivity contribution < 1.29 is 4.79 Å². The molecule has 0 unspecified atom stereocenters. The van der Waals surface area contributed by atoms with Crippen LogP contribution in [0.1, 0.15) is 48.4 Å². The molecule has 2 aromatic rings. The number of aromatic amines is 2. The molecule has 0 atom stereocenters.